The van der Waals surface area contributed by atoms with Crippen molar-refractivity contribution in [1.82, 2.24) is 0 Å². The number of nitrogens with two attached hydrogens (primary N) is 2. The zero-order valence-electron chi connectivity index (χ0n) is 12.0. The maximum Gasteiger partial charge on any atom is 0.383 e. The average molecular weight is 310 g/mol. The van der Waals surface area contributed by atoms with E-state index in [0.29, 0.717) is 22.9 Å². The van der Waals surface area contributed by atoms with Crippen molar-refractivity contribution in [2.75, 3.05) is 0 Å². The molecular formula is C16H14N4O3+2. The molecule has 7 nitrogen and oxygen atoms in total. The molecule has 0 bridgehead atoms. The zero-order valence-corrected chi connectivity index (χ0v) is 12.0. The summed E-state index contributed by atoms with van der Waals surface area (Å²) in [5, 5.41) is 0. The van der Waals surface area contributed by atoms with E-state index in [1.807, 2.05) is 0 Å². The largest absolute Gasteiger partial charge is 0.383 e. The molecular weight excluding hydrogens is 296 g/mol. The molecule has 23 heavy (non-hydrogen) atoms. The van der Waals surface area contributed by atoms with E-state index >= 15 is 0 Å². The molecule has 0 fully saturated rings. The topological polar surface area (TPSA) is 107 Å². The fourth-order valence-electron chi connectivity index (χ4n) is 2.07. The minimum atomic E-state index is -0.484. The summed E-state index contributed by atoms with van der Waals surface area (Å²) in [6.07, 6.45) is 6.74. The number of pyridine rings is 2. The summed E-state index contributed by atoms with van der Waals surface area (Å²) in [5.41, 5.74) is 11.3. The van der Waals surface area contributed by atoms with Crippen LogP contribution >= 0.6 is 0 Å². The maximum absolute atomic E-state index is 11.1. The molecule has 3 aromatic heterocycles. The number of carbonyl (C=O) groups is 2. The third kappa shape index (κ3) is 2.93. The molecule has 2 amide bonds. The van der Waals surface area contributed by atoms with Gasteiger partial charge in [-0.25, -0.2) is 0 Å². The molecule has 0 unspecified atom stereocenters. The summed E-state index contributed by atoms with van der Waals surface area (Å²) in [5.74, 6) is 0.176. The highest BCUT2D eigenvalue weighted by Gasteiger charge is 2.18. The van der Waals surface area contributed by atoms with Crippen LogP contribution in [0.25, 0.3) is 11.8 Å². The molecule has 0 radical (unpaired) electrons. The van der Waals surface area contributed by atoms with Gasteiger partial charge < -0.3 is 15.9 Å². The lowest BCUT2D eigenvalue weighted by Gasteiger charge is -1.94. The second-order valence-corrected chi connectivity index (χ2v) is 4.83. The third-order valence-electron chi connectivity index (χ3n) is 3.31. The predicted octanol–water partition coefficient (Wildman–Crippen LogP) is 0.0308. The highest BCUT2D eigenvalue weighted by molar-refractivity contribution is 5.92. The van der Waals surface area contributed by atoms with Gasteiger partial charge in [0.15, 0.2) is 24.8 Å². The Hall–Kier alpha value is -3.48. The molecule has 4 N–H and O–H groups in total. The molecule has 114 valence electrons. The lowest BCUT2D eigenvalue weighted by atomic mass is 10.2. The van der Waals surface area contributed by atoms with E-state index in [1.54, 1.807) is 70.3 Å². The van der Waals surface area contributed by atoms with Gasteiger partial charge in [0, 0.05) is 24.3 Å². The first-order valence-electron chi connectivity index (χ1n) is 6.77. The molecule has 0 aromatic carbocycles. The van der Waals surface area contributed by atoms with Crippen LogP contribution in [0.3, 0.4) is 0 Å². The van der Waals surface area contributed by atoms with Gasteiger partial charge in [-0.05, 0) is 0 Å². The van der Waals surface area contributed by atoms with Crippen LogP contribution in [0.4, 0.5) is 0 Å². The number of amides is 2. The summed E-state index contributed by atoms with van der Waals surface area (Å²) < 4.78 is 9.18. The van der Waals surface area contributed by atoms with Crippen LogP contribution in [0.1, 0.15) is 20.7 Å². The van der Waals surface area contributed by atoms with Crippen LogP contribution in [0.5, 0.6) is 0 Å². The zero-order chi connectivity index (χ0) is 16.4. The van der Waals surface area contributed by atoms with Gasteiger partial charge in [0.1, 0.15) is 0 Å². The smallest absolute Gasteiger partial charge is 0.366 e. The van der Waals surface area contributed by atoms with Gasteiger partial charge in [-0.1, -0.05) is 0 Å². The van der Waals surface area contributed by atoms with Crippen LogP contribution in [-0.4, -0.2) is 11.8 Å². The second kappa shape index (κ2) is 5.72. The first kappa shape index (κ1) is 14.5. The summed E-state index contributed by atoms with van der Waals surface area (Å²) in [4.78, 5) is 22.1. The van der Waals surface area contributed by atoms with Crippen LogP contribution in [0.15, 0.2) is 65.6 Å². The van der Waals surface area contributed by atoms with E-state index in [2.05, 4.69) is 0 Å². The van der Waals surface area contributed by atoms with Gasteiger partial charge in [0.25, 0.3) is 0 Å². The molecule has 0 atom stereocenters. The van der Waals surface area contributed by atoms with E-state index in [4.69, 9.17) is 15.9 Å². The first-order valence-corrected chi connectivity index (χ1v) is 6.77. The number of primary amides is 2. The minimum absolute atomic E-state index is 0.421. The van der Waals surface area contributed by atoms with Crippen molar-refractivity contribution in [3.63, 3.8) is 0 Å². The standard InChI is InChI=1S/C16H12N4O3/c17-15(21)11-3-7-19(8-4-11)13-1-2-14(23-13)20-9-5-12(6-10-20)16(18)22/h1-10H,(H2-2,17,18,21,22)/p+2. The molecule has 0 aliphatic carbocycles. The average Bonchev–Trinajstić information content (AvgIpc) is 3.05. The van der Waals surface area contributed by atoms with E-state index in [-0.39, 0.29) is 0 Å². The van der Waals surface area contributed by atoms with Crippen LogP contribution in [0.2, 0.25) is 0 Å². The molecule has 0 saturated heterocycles. The van der Waals surface area contributed by atoms with Crippen LogP contribution < -0.4 is 20.6 Å². The highest BCUT2D eigenvalue weighted by Crippen LogP contribution is 2.08. The molecule has 7 heteroatoms. The summed E-state index contributed by atoms with van der Waals surface area (Å²) >= 11 is 0. The van der Waals surface area contributed by atoms with E-state index in [1.165, 1.54) is 0 Å². The Morgan fingerprint density at radius 2 is 1.04 bits per heavy atom. The van der Waals surface area contributed by atoms with Crippen molar-refractivity contribution in [3.8, 4) is 11.8 Å². The van der Waals surface area contributed by atoms with Crippen LogP contribution in [-0.2, 0) is 0 Å². The fourth-order valence-corrected chi connectivity index (χ4v) is 2.07. The number of carbonyl (C=O) groups excluding carboxylic acids is 2. The Kier molecular flexibility index (Phi) is 3.60. The molecule has 0 aliphatic rings. The number of aromatic nitrogens is 2. The van der Waals surface area contributed by atoms with Gasteiger partial charge in [0.05, 0.1) is 23.3 Å². The maximum atomic E-state index is 11.1. The van der Waals surface area contributed by atoms with E-state index in [9.17, 15) is 9.59 Å². The summed E-state index contributed by atoms with van der Waals surface area (Å²) in [6, 6.07) is 10.0. The Morgan fingerprint density at radius 3 is 1.35 bits per heavy atom. The minimum Gasteiger partial charge on any atom is -0.366 e. The molecule has 3 heterocycles. The summed E-state index contributed by atoms with van der Waals surface area (Å²) in [7, 11) is 0. The fraction of sp³-hybridized carbons (Fsp3) is 0. The van der Waals surface area contributed by atoms with E-state index < -0.39 is 11.8 Å². The van der Waals surface area contributed by atoms with Gasteiger partial charge in [-0.3, -0.25) is 9.59 Å². The van der Waals surface area contributed by atoms with Crippen molar-refractivity contribution in [2.45, 2.75) is 0 Å². The number of nitrogens with zero attached hydrogens (tertiary/aromatic N) is 2. The van der Waals surface area contributed by atoms with Gasteiger partial charge >= 0.3 is 11.8 Å². The van der Waals surface area contributed by atoms with Crippen molar-refractivity contribution >= 4 is 11.8 Å². The lowest BCUT2D eigenvalue weighted by molar-refractivity contribution is -0.627. The lowest BCUT2D eigenvalue weighted by Crippen LogP contribution is -2.31. The number of hydrogen-bond acceptors (Lipinski definition) is 3. The SMILES string of the molecule is NC(=O)c1cc[n+](-c2ccc(-[n+]3ccc(C(N)=O)cc3)o2)cc1. The molecule has 0 aliphatic heterocycles. The predicted molar refractivity (Wildman–Crippen MR) is 78.8 cm³/mol. The Labute approximate surface area is 131 Å². The highest BCUT2D eigenvalue weighted by atomic mass is 16.4. The normalized spacial score (nSPS) is 10.4. The van der Waals surface area contributed by atoms with Gasteiger partial charge in [-0.15, -0.1) is 9.13 Å². The number of rotatable bonds is 4. The van der Waals surface area contributed by atoms with Crippen molar-refractivity contribution in [3.05, 3.63) is 72.3 Å². The van der Waals surface area contributed by atoms with Crippen LogP contribution in [0, 0.1) is 0 Å². The van der Waals surface area contributed by atoms with Crippen molar-refractivity contribution in [1.29, 1.82) is 0 Å². The Bertz CT molecular complexity index is 795. The second-order valence-electron chi connectivity index (χ2n) is 4.83. The first-order chi connectivity index (χ1) is 11.0. The monoisotopic (exact) mass is 310 g/mol. The third-order valence-corrected chi connectivity index (χ3v) is 3.31. The number of hydrogen-bond donors (Lipinski definition) is 2. The van der Waals surface area contributed by atoms with Gasteiger partial charge in [-0.2, -0.15) is 0 Å². The van der Waals surface area contributed by atoms with Crippen molar-refractivity contribution < 1.29 is 23.1 Å². The molecule has 3 rings (SSSR count). The Balaban J connectivity index is 1.87. The number of furan rings is 1. The molecule has 3 aromatic rings. The quantitative estimate of drug-likeness (QED) is 0.664. The van der Waals surface area contributed by atoms with E-state index in [0.717, 1.165) is 0 Å². The van der Waals surface area contributed by atoms with Crippen molar-refractivity contribution in [2.24, 2.45) is 11.5 Å². The molecule has 0 spiro atoms. The summed E-state index contributed by atoms with van der Waals surface area (Å²) in [6.45, 7) is 0. The van der Waals surface area contributed by atoms with Gasteiger partial charge in [0.2, 0.25) is 11.8 Å². The Morgan fingerprint density at radius 1 is 0.696 bits per heavy atom. The molecule has 0 saturated carbocycles.